The van der Waals surface area contributed by atoms with Crippen LogP contribution in [0.4, 0.5) is 0 Å². The van der Waals surface area contributed by atoms with E-state index in [9.17, 15) is 14.4 Å². The average molecular weight is 1010 g/mol. The topological polar surface area (TPSA) is 78.9 Å². The molecule has 0 aromatic carbocycles. The second kappa shape index (κ2) is 60.4. The molecule has 0 aromatic rings. The number of carbonyl (C=O) groups is 3. The van der Waals surface area contributed by atoms with Crippen LogP contribution >= 0.6 is 0 Å². The van der Waals surface area contributed by atoms with Crippen LogP contribution in [0.5, 0.6) is 0 Å². The van der Waals surface area contributed by atoms with Crippen molar-refractivity contribution >= 4 is 17.9 Å². The highest BCUT2D eigenvalue weighted by Crippen LogP contribution is 2.17. The van der Waals surface area contributed by atoms with Crippen LogP contribution in [-0.2, 0) is 28.6 Å². The zero-order chi connectivity index (χ0) is 52.2. The van der Waals surface area contributed by atoms with Crippen LogP contribution in [0.15, 0.2) is 72.9 Å². The van der Waals surface area contributed by atoms with Crippen molar-refractivity contribution in [1.29, 1.82) is 0 Å². The lowest BCUT2D eigenvalue weighted by Crippen LogP contribution is -2.30. The second-order valence-corrected chi connectivity index (χ2v) is 20.6. The van der Waals surface area contributed by atoms with Crippen LogP contribution in [0.3, 0.4) is 0 Å². The van der Waals surface area contributed by atoms with Crippen LogP contribution in [0, 0.1) is 0 Å². The molecule has 6 nitrogen and oxygen atoms in total. The summed E-state index contributed by atoms with van der Waals surface area (Å²) < 4.78 is 16.8. The molecule has 0 saturated heterocycles. The summed E-state index contributed by atoms with van der Waals surface area (Å²) in [5, 5.41) is 0. The minimum Gasteiger partial charge on any atom is -0.462 e. The highest BCUT2D eigenvalue weighted by Gasteiger charge is 2.19. The Labute approximate surface area is 446 Å². The number of hydrogen-bond acceptors (Lipinski definition) is 6. The molecule has 0 rings (SSSR count). The Morgan fingerprint density at radius 3 is 0.819 bits per heavy atom. The van der Waals surface area contributed by atoms with Gasteiger partial charge in [-0.05, 0) is 57.8 Å². The van der Waals surface area contributed by atoms with E-state index < -0.39 is 6.10 Å². The molecule has 0 aliphatic carbocycles. The zero-order valence-corrected chi connectivity index (χ0v) is 47.7. The van der Waals surface area contributed by atoms with Crippen LogP contribution in [0.25, 0.3) is 0 Å². The molecule has 0 heterocycles. The Kier molecular flexibility index (Phi) is 57.8. The fraction of sp³-hybridized carbons (Fsp3) is 0.773. The third-order valence-electron chi connectivity index (χ3n) is 13.5. The maximum absolute atomic E-state index is 12.8. The first-order valence-corrected chi connectivity index (χ1v) is 30.9. The smallest absolute Gasteiger partial charge is 0.306 e. The van der Waals surface area contributed by atoms with Crippen molar-refractivity contribution in [1.82, 2.24) is 0 Å². The summed E-state index contributed by atoms with van der Waals surface area (Å²) in [5.74, 6) is -0.978. The fourth-order valence-corrected chi connectivity index (χ4v) is 8.88. The summed E-state index contributed by atoms with van der Waals surface area (Å²) in [6.45, 7) is 6.48. The van der Waals surface area contributed by atoms with Gasteiger partial charge in [-0.1, -0.05) is 306 Å². The molecule has 0 amide bonds. The molecule has 0 aliphatic rings. The summed E-state index contributed by atoms with van der Waals surface area (Å²) in [6.07, 6.45) is 78.0. The van der Waals surface area contributed by atoms with E-state index in [2.05, 4.69) is 87.6 Å². The molecule has 1 atom stereocenters. The van der Waals surface area contributed by atoms with Crippen molar-refractivity contribution in [3.8, 4) is 0 Å². The van der Waals surface area contributed by atoms with E-state index in [0.717, 1.165) is 77.0 Å². The van der Waals surface area contributed by atoms with Gasteiger partial charge in [-0.2, -0.15) is 0 Å². The lowest BCUT2D eigenvalue weighted by molar-refractivity contribution is -0.166. The number of carbonyl (C=O) groups excluding carboxylic acids is 3. The Hall–Kier alpha value is -3.15. The van der Waals surface area contributed by atoms with E-state index in [4.69, 9.17) is 14.2 Å². The third kappa shape index (κ3) is 57.7. The van der Waals surface area contributed by atoms with Crippen LogP contribution < -0.4 is 0 Å². The molecule has 72 heavy (non-hydrogen) atoms. The quantitative estimate of drug-likeness (QED) is 0.0261. The minimum absolute atomic E-state index is 0.102. The summed E-state index contributed by atoms with van der Waals surface area (Å²) >= 11 is 0. The predicted molar refractivity (Wildman–Crippen MR) is 311 cm³/mol. The van der Waals surface area contributed by atoms with Gasteiger partial charge in [0, 0.05) is 19.3 Å². The van der Waals surface area contributed by atoms with E-state index in [-0.39, 0.29) is 37.5 Å². The molecule has 0 aromatic heterocycles. The summed E-state index contributed by atoms with van der Waals surface area (Å²) in [6, 6.07) is 0. The highest BCUT2D eigenvalue weighted by molar-refractivity contribution is 5.71. The average Bonchev–Trinajstić information content (AvgIpc) is 3.38. The van der Waals surface area contributed by atoms with Crippen LogP contribution in [0.1, 0.15) is 310 Å². The normalized spacial score (nSPS) is 12.5. The Balaban J connectivity index is 4.25. The van der Waals surface area contributed by atoms with E-state index in [1.165, 1.54) is 186 Å². The van der Waals surface area contributed by atoms with Crippen molar-refractivity contribution in [2.24, 2.45) is 0 Å². The molecule has 0 N–H and O–H groups in total. The summed E-state index contributed by atoms with van der Waals surface area (Å²) in [4.78, 5) is 38.1. The maximum atomic E-state index is 12.8. The van der Waals surface area contributed by atoms with Crippen molar-refractivity contribution in [3.05, 3.63) is 72.9 Å². The number of unbranched alkanes of at least 4 members (excludes halogenated alkanes) is 33. The number of esters is 3. The van der Waals surface area contributed by atoms with Gasteiger partial charge in [-0.15, -0.1) is 0 Å². The molecule has 0 radical (unpaired) electrons. The molecule has 416 valence electrons. The van der Waals surface area contributed by atoms with Gasteiger partial charge in [0.1, 0.15) is 13.2 Å². The van der Waals surface area contributed by atoms with Gasteiger partial charge in [0.05, 0.1) is 0 Å². The molecular formula is C66H116O6. The molecular weight excluding hydrogens is 889 g/mol. The molecule has 0 aliphatic heterocycles. The van der Waals surface area contributed by atoms with Crippen molar-refractivity contribution < 1.29 is 28.6 Å². The minimum atomic E-state index is -0.812. The van der Waals surface area contributed by atoms with Gasteiger partial charge in [0.25, 0.3) is 0 Å². The number of ether oxygens (including phenoxy) is 3. The maximum Gasteiger partial charge on any atom is 0.306 e. The first-order valence-electron chi connectivity index (χ1n) is 30.9. The van der Waals surface area contributed by atoms with E-state index in [0.29, 0.717) is 19.3 Å². The predicted octanol–water partition coefficient (Wildman–Crippen LogP) is 20.9. The Morgan fingerprint density at radius 2 is 0.542 bits per heavy atom. The van der Waals surface area contributed by atoms with Crippen LogP contribution in [-0.4, -0.2) is 37.2 Å². The van der Waals surface area contributed by atoms with E-state index in [1.54, 1.807) is 0 Å². The summed E-state index contributed by atoms with van der Waals surface area (Å²) in [7, 11) is 0. The fourth-order valence-electron chi connectivity index (χ4n) is 8.88. The number of rotatable bonds is 56. The lowest BCUT2D eigenvalue weighted by Gasteiger charge is -2.18. The van der Waals surface area contributed by atoms with Gasteiger partial charge in [-0.3, -0.25) is 14.4 Å². The molecule has 0 saturated carbocycles. The zero-order valence-electron chi connectivity index (χ0n) is 47.7. The second-order valence-electron chi connectivity index (χ2n) is 20.6. The van der Waals surface area contributed by atoms with Crippen LogP contribution in [0.2, 0.25) is 0 Å². The molecule has 0 spiro atoms. The van der Waals surface area contributed by atoms with Gasteiger partial charge in [0.2, 0.25) is 0 Å². The Morgan fingerprint density at radius 1 is 0.292 bits per heavy atom. The lowest BCUT2D eigenvalue weighted by atomic mass is 10.0. The monoisotopic (exact) mass is 1000 g/mol. The van der Waals surface area contributed by atoms with E-state index >= 15 is 0 Å². The molecule has 0 fully saturated rings. The SMILES string of the molecule is CC/C=C\C/C=C\C/C=C\C/C=C\C/C=C\C/C=C\CCC(=O)OC(COC(=O)CCCCCCCCCCC)COC(=O)CCCCCCCCCCCCCCCCCCCCCCCCCCCC. The number of allylic oxidation sites excluding steroid dienone is 12. The largest absolute Gasteiger partial charge is 0.462 e. The van der Waals surface area contributed by atoms with E-state index in [1.807, 2.05) is 6.08 Å². The first kappa shape index (κ1) is 68.8. The molecule has 0 bridgehead atoms. The highest BCUT2D eigenvalue weighted by atomic mass is 16.6. The van der Waals surface area contributed by atoms with Crippen molar-refractivity contribution in [2.75, 3.05) is 13.2 Å². The molecule has 1 unspecified atom stereocenters. The van der Waals surface area contributed by atoms with Gasteiger partial charge < -0.3 is 14.2 Å². The number of hydrogen-bond donors (Lipinski definition) is 0. The van der Waals surface area contributed by atoms with Crippen molar-refractivity contribution in [3.63, 3.8) is 0 Å². The van der Waals surface area contributed by atoms with Gasteiger partial charge in [-0.25, -0.2) is 0 Å². The Bertz CT molecular complexity index is 1340. The summed E-state index contributed by atoms with van der Waals surface area (Å²) in [5.41, 5.74) is 0. The van der Waals surface area contributed by atoms with Gasteiger partial charge in [0.15, 0.2) is 6.10 Å². The van der Waals surface area contributed by atoms with Gasteiger partial charge >= 0.3 is 17.9 Å². The molecule has 6 heteroatoms. The third-order valence-corrected chi connectivity index (χ3v) is 13.5. The standard InChI is InChI=1S/C66H116O6/c1-4-7-10-13-16-19-21-23-25-27-29-30-31-32-33-34-35-37-38-40-42-44-47-50-53-56-59-65(68)71-62-63(61-70-64(67)58-55-52-49-46-18-15-12-9-6-3)72-66(69)60-57-54-51-48-45-43-41-39-36-28-26-24-22-20-17-14-11-8-5-2/h8,11,17,20,24,26,36,39,43,45,51,54,63H,4-7,9-10,12-16,18-19,21-23,25,27-35,37-38,40-42,44,46-50,52-53,55-62H2,1-3H3/b11-8-,20-17-,26-24-,39-36-,45-43-,54-51-. The van der Waals surface area contributed by atoms with Crippen molar-refractivity contribution in [2.45, 2.75) is 316 Å². The first-order chi connectivity index (χ1) is 35.5.